The van der Waals surface area contributed by atoms with Crippen LogP contribution in [-0.2, 0) is 20.4 Å². The molecule has 3 rings (SSSR count). The average molecular weight is 362 g/mol. The molecule has 0 fully saturated rings. The van der Waals surface area contributed by atoms with E-state index in [1.165, 1.54) is 11.1 Å². The Kier molecular flexibility index (Phi) is 5.70. The van der Waals surface area contributed by atoms with Crippen molar-refractivity contribution in [2.45, 2.75) is 0 Å². The molecule has 0 aliphatic heterocycles. The molecule has 0 bridgehead atoms. The Labute approximate surface area is 139 Å². The molecule has 21 heavy (non-hydrogen) atoms. The fourth-order valence-electron chi connectivity index (χ4n) is 2.19. The predicted octanol–water partition coefficient (Wildman–Crippen LogP) is 4.97. The zero-order valence-electron chi connectivity index (χ0n) is 11.5. The minimum atomic E-state index is 0. The van der Waals surface area contributed by atoms with Crippen molar-refractivity contribution in [1.82, 2.24) is 0 Å². The fraction of sp³-hybridized carbons (Fsp3) is 0. The summed E-state index contributed by atoms with van der Waals surface area (Å²) in [7, 11) is 0. The van der Waals surface area contributed by atoms with Crippen molar-refractivity contribution >= 4 is 5.57 Å². The van der Waals surface area contributed by atoms with Gasteiger partial charge in [0.25, 0.3) is 0 Å². The van der Waals surface area contributed by atoms with Crippen LogP contribution in [0.15, 0.2) is 91.0 Å². The van der Waals surface area contributed by atoms with E-state index in [4.69, 9.17) is 0 Å². The standard InChI is InChI=1S/C20H15.Pd/c1-4-10-17(11-5-1)16-20(18-12-6-2-7-13-18)19-14-8-3-9-15-19;/h1-15H;/q-1;. The van der Waals surface area contributed by atoms with Crippen molar-refractivity contribution in [3.63, 3.8) is 0 Å². The van der Waals surface area contributed by atoms with Gasteiger partial charge in [-0.1, -0.05) is 90.0 Å². The second-order valence-corrected chi connectivity index (χ2v) is 4.60. The second kappa shape index (κ2) is 7.74. The van der Waals surface area contributed by atoms with Crippen LogP contribution in [0.2, 0.25) is 0 Å². The van der Waals surface area contributed by atoms with Gasteiger partial charge in [-0.05, 0) is 0 Å². The topological polar surface area (TPSA) is 0 Å². The molecule has 0 saturated carbocycles. The largest absolute Gasteiger partial charge is 0.123 e. The van der Waals surface area contributed by atoms with Gasteiger partial charge in [0.2, 0.25) is 0 Å². The van der Waals surface area contributed by atoms with Gasteiger partial charge >= 0.3 is 0 Å². The van der Waals surface area contributed by atoms with Crippen molar-refractivity contribution < 1.29 is 20.4 Å². The molecule has 0 nitrogen and oxygen atoms in total. The van der Waals surface area contributed by atoms with E-state index < -0.39 is 0 Å². The number of rotatable bonds is 3. The van der Waals surface area contributed by atoms with E-state index in [1.54, 1.807) is 0 Å². The predicted molar refractivity (Wildman–Crippen MR) is 84.2 cm³/mol. The third-order valence-corrected chi connectivity index (χ3v) is 3.17. The van der Waals surface area contributed by atoms with Crippen LogP contribution in [0.1, 0.15) is 16.7 Å². The molecule has 0 heterocycles. The first-order valence-corrected chi connectivity index (χ1v) is 6.73. The van der Waals surface area contributed by atoms with E-state index in [2.05, 4.69) is 66.7 Å². The smallest absolute Gasteiger partial charge is 0 e. The number of hydrogen-bond donors (Lipinski definition) is 0. The second-order valence-electron chi connectivity index (χ2n) is 4.60. The quantitative estimate of drug-likeness (QED) is 0.351. The molecule has 0 spiro atoms. The van der Waals surface area contributed by atoms with E-state index in [0.29, 0.717) is 0 Å². The summed E-state index contributed by atoms with van der Waals surface area (Å²) in [5, 5.41) is 0. The minimum absolute atomic E-state index is 0. The maximum atomic E-state index is 3.53. The zero-order valence-corrected chi connectivity index (χ0v) is 13.0. The SMILES string of the molecule is [C-](=C(c1ccccc1)c1ccccc1)c1ccccc1.[Pd]. The summed E-state index contributed by atoms with van der Waals surface area (Å²) in [5.74, 6) is 0. The average Bonchev–Trinajstić information content (AvgIpc) is 2.55. The van der Waals surface area contributed by atoms with Crippen LogP contribution in [-0.4, -0.2) is 0 Å². The Bertz CT molecular complexity index is 644. The summed E-state index contributed by atoms with van der Waals surface area (Å²) < 4.78 is 0. The van der Waals surface area contributed by atoms with Crippen molar-refractivity contribution in [3.8, 4) is 0 Å². The van der Waals surface area contributed by atoms with Crippen LogP contribution in [0.4, 0.5) is 0 Å². The monoisotopic (exact) mass is 361 g/mol. The Hall–Kier alpha value is -1.94. The summed E-state index contributed by atoms with van der Waals surface area (Å²) in [6.07, 6.45) is 3.53. The van der Waals surface area contributed by atoms with Gasteiger partial charge in [-0.2, -0.15) is 0 Å². The summed E-state index contributed by atoms with van der Waals surface area (Å²) in [6.45, 7) is 0. The molecular weight excluding hydrogens is 347 g/mol. The van der Waals surface area contributed by atoms with Crippen LogP contribution in [0.3, 0.4) is 0 Å². The first-order valence-electron chi connectivity index (χ1n) is 6.73. The Balaban J connectivity index is 0.00000161. The van der Waals surface area contributed by atoms with Gasteiger partial charge in [-0.15, -0.1) is 29.3 Å². The third-order valence-electron chi connectivity index (χ3n) is 3.17. The molecule has 106 valence electrons. The van der Waals surface area contributed by atoms with E-state index in [9.17, 15) is 0 Å². The Morgan fingerprint density at radius 1 is 0.524 bits per heavy atom. The van der Waals surface area contributed by atoms with E-state index in [-0.39, 0.29) is 20.4 Å². The molecule has 0 aliphatic carbocycles. The van der Waals surface area contributed by atoms with Crippen LogP contribution in [0.25, 0.3) is 5.57 Å². The van der Waals surface area contributed by atoms with E-state index in [0.717, 1.165) is 11.1 Å². The van der Waals surface area contributed by atoms with Crippen LogP contribution in [0, 0.1) is 6.08 Å². The van der Waals surface area contributed by atoms with Crippen molar-refractivity contribution in [2.24, 2.45) is 0 Å². The summed E-state index contributed by atoms with van der Waals surface area (Å²) >= 11 is 0. The van der Waals surface area contributed by atoms with Crippen LogP contribution < -0.4 is 0 Å². The van der Waals surface area contributed by atoms with Gasteiger partial charge in [0, 0.05) is 20.4 Å². The first kappa shape index (κ1) is 15.5. The minimum Gasteiger partial charge on any atom is -0.123 e. The fourth-order valence-corrected chi connectivity index (χ4v) is 2.19. The third kappa shape index (κ3) is 4.02. The van der Waals surface area contributed by atoms with E-state index in [1.807, 2.05) is 30.3 Å². The molecule has 0 saturated heterocycles. The van der Waals surface area contributed by atoms with Gasteiger partial charge in [-0.3, -0.25) is 0 Å². The molecule has 0 unspecified atom stereocenters. The molecule has 0 amide bonds. The number of hydrogen-bond acceptors (Lipinski definition) is 0. The molecule has 3 aromatic rings. The maximum Gasteiger partial charge on any atom is 0 e. The van der Waals surface area contributed by atoms with Gasteiger partial charge in [0.15, 0.2) is 0 Å². The summed E-state index contributed by atoms with van der Waals surface area (Å²) in [4.78, 5) is 0. The van der Waals surface area contributed by atoms with Crippen LogP contribution in [0.5, 0.6) is 0 Å². The van der Waals surface area contributed by atoms with Gasteiger partial charge < -0.3 is 0 Å². The molecule has 1 heteroatoms. The molecule has 0 aliphatic rings. The molecule has 0 atom stereocenters. The zero-order chi connectivity index (χ0) is 13.6. The Morgan fingerprint density at radius 3 is 1.33 bits per heavy atom. The van der Waals surface area contributed by atoms with Crippen molar-refractivity contribution in [2.75, 3.05) is 0 Å². The normalized spacial score (nSPS) is 9.52. The summed E-state index contributed by atoms with van der Waals surface area (Å²) in [6, 6.07) is 31.1. The van der Waals surface area contributed by atoms with Crippen molar-refractivity contribution in [3.05, 3.63) is 114 Å². The Morgan fingerprint density at radius 2 is 0.905 bits per heavy atom. The van der Waals surface area contributed by atoms with E-state index >= 15 is 0 Å². The molecule has 0 aromatic heterocycles. The first-order chi connectivity index (χ1) is 9.93. The van der Waals surface area contributed by atoms with Gasteiger partial charge in [0.1, 0.15) is 0 Å². The van der Waals surface area contributed by atoms with Gasteiger partial charge in [0.05, 0.1) is 0 Å². The van der Waals surface area contributed by atoms with Gasteiger partial charge in [-0.25, -0.2) is 0 Å². The molecule has 0 N–H and O–H groups in total. The number of benzene rings is 3. The molecule has 3 aromatic carbocycles. The maximum absolute atomic E-state index is 3.53. The van der Waals surface area contributed by atoms with Crippen molar-refractivity contribution in [1.29, 1.82) is 0 Å². The molecular formula is C20H15Pd-. The summed E-state index contributed by atoms with van der Waals surface area (Å²) in [5.41, 5.74) is 4.58. The molecule has 0 radical (unpaired) electrons. The van der Waals surface area contributed by atoms with Crippen LogP contribution >= 0.6 is 0 Å².